The van der Waals surface area contributed by atoms with Gasteiger partial charge in [-0.15, -0.1) is 24.0 Å². The maximum atomic E-state index is 4.97. The highest BCUT2D eigenvalue weighted by molar-refractivity contribution is 14.0. The van der Waals surface area contributed by atoms with Crippen LogP contribution in [-0.2, 0) is 0 Å². The molecule has 8 heteroatoms. The number of aromatic nitrogens is 2. The minimum Gasteiger partial charge on any atom is -0.357 e. The predicted molar refractivity (Wildman–Crippen MR) is 127 cm³/mol. The summed E-state index contributed by atoms with van der Waals surface area (Å²) in [7, 11) is 0. The van der Waals surface area contributed by atoms with Gasteiger partial charge in [0.25, 0.3) is 0 Å². The van der Waals surface area contributed by atoms with Gasteiger partial charge in [-0.2, -0.15) is 0 Å². The zero-order chi connectivity index (χ0) is 19.1. The molecule has 0 bridgehead atoms. The van der Waals surface area contributed by atoms with Gasteiger partial charge in [0.1, 0.15) is 0 Å². The lowest BCUT2D eigenvalue weighted by atomic mass is 9.98. The van der Waals surface area contributed by atoms with Gasteiger partial charge in [0.15, 0.2) is 5.96 Å². The van der Waals surface area contributed by atoms with Crippen LogP contribution in [-0.4, -0.2) is 84.1 Å². The van der Waals surface area contributed by atoms with Crippen LogP contribution in [0.25, 0.3) is 0 Å². The van der Waals surface area contributed by atoms with E-state index in [0.717, 1.165) is 57.1 Å². The first-order valence-electron chi connectivity index (χ1n) is 10.5. The van der Waals surface area contributed by atoms with Gasteiger partial charge in [0, 0.05) is 51.2 Å². The number of anilines is 1. The fourth-order valence-electron chi connectivity index (χ4n) is 3.80. The Kier molecular flexibility index (Phi) is 9.70. The molecule has 1 aromatic heterocycles. The molecule has 0 amide bonds. The van der Waals surface area contributed by atoms with E-state index < -0.39 is 0 Å². The summed E-state index contributed by atoms with van der Waals surface area (Å²) in [6.45, 7) is 14.7. The van der Waals surface area contributed by atoms with E-state index in [-0.39, 0.29) is 24.0 Å². The lowest BCUT2D eigenvalue weighted by Gasteiger charge is -2.37. The van der Waals surface area contributed by atoms with E-state index in [1.54, 1.807) is 0 Å². The molecule has 1 N–H and O–H groups in total. The summed E-state index contributed by atoms with van der Waals surface area (Å²) in [5, 5.41) is 3.48. The highest BCUT2D eigenvalue weighted by atomic mass is 127. The largest absolute Gasteiger partial charge is 0.357 e. The van der Waals surface area contributed by atoms with Crippen LogP contribution in [0.5, 0.6) is 0 Å². The molecule has 1 unspecified atom stereocenters. The number of halogens is 1. The van der Waals surface area contributed by atoms with Crippen molar-refractivity contribution in [2.45, 2.75) is 39.7 Å². The number of aliphatic imine (C=N–C) groups is 1. The Balaban J connectivity index is 0.00000280. The van der Waals surface area contributed by atoms with Crippen molar-refractivity contribution in [3.63, 3.8) is 0 Å². The van der Waals surface area contributed by atoms with Crippen molar-refractivity contribution < 1.29 is 0 Å². The number of piperidine rings is 1. The molecular weight excluding hydrogens is 465 g/mol. The van der Waals surface area contributed by atoms with Crippen molar-refractivity contribution >= 4 is 35.9 Å². The number of rotatable bonds is 5. The Morgan fingerprint density at radius 2 is 1.79 bits per heavy atom. The monoisotopic (exact) mass is 501 g/mol. The summed E-state index contributed by atoms with van der Waals surface area (Å²) in [4.78, 5) is 20.9. The number of likely N-dealkylation sites (tertiary alicyclic amines) is 1. The number of guanidine groups is 1. The molecule has 2 saturated heterocycles. The molecule has 0 saturated carbocycles. The zero-order valence-corrected chi connectivity index (χ0v) is 19.9. The standard InChI is InChI=1S/C20H35N7.HI/c1-4-21-19(24-16-18(3)25-10-6-17(2)7-11-25)26-12-14-27(15-13-26)20-22-8-5-9-23-20;/h5,8-9,17-18H,4,6-7,10-16H2,1-3H3,(H,21,24);1H. The number of hydrogen-bond donors (Lipinski definition) is 1. The molecule has 0 radical (unpaired) electrons. The highest BCUT2D eigenvalue weighted by Gasteiger charge is 2.23. The Hall–Kier alpha value is -1.16. The first kappa shape index (κ1) is 23.1. The van der Waals surface area contributed by atoms with Crippen LogP contribution in [0.2, 0.25) is 0 Å². The Morgan fingerprint density at radius 3 is 2.39 bits per heavy atom. The number of piperazine rings is 1. The number of nitrogens with zero attached hydrogens (tertiary/aromatic N) is 6. The highest BCUT2D eigenvalue weighted by Crippen LogP contribution is 2.18. The number of nitrogens with one attached hydrogen (secondary N) is 1. The molecular formula is C20H36IN7. The SMILES string of the molecule is CCNC(=NCC(C)N1CCC(C)CC1)N1CCN(c2ncccn2)CC1.I. The molecule has 2 fully saturated rings. The van der Waals surface area contributed by atoms with E-state index in [9.17, 15) is 0 Å². The average molecular weight is 501 g/mol. The third-order valence-electron chi connectivity index (χ3n) is 5.70. The molecule has 2 aliphatic heterocycles. The van der Waals surface area contributed by atoms with Crippen molar-refractivity contribution in [2.75, 3.05) is 57.3 Å². The van der Waals surface area contributed by atoms with Crippen molar-refractivity contribution in [2.24, 2.45) is 10.9 Å². The van der Waals surface area contributed by atoms with E-state index in [0.29, 0.717) is 6.04 Å². The first-order chi connectivity index (χ1) is 13.2. The second-order valence-electron chi connectivity index (χ2n) is 7.79. The van der Waals surface area contributed by atoms with E-state index in [1.807, 2.05) is 18.5 Å². The quantitative estimate of drug-likeness (QED) is 0.380. The minimum atomic E-state index is 0. The maximum absolute atomic E-state index is 4.97. The third kappa shape index (κ3) is 6.43. The van der Waals surface area contributed by atoms with Crippen molar-refractivity contribution in [1.82, 2.24) is 25.1 Å². The van der Waals surface area contributed by atoms with Gasteiger partial charge in [-0.1, -0.05) is 6.92 Å². The topological polar surface area (TPSA) is 59.9 Å². The smallest absolute Gasteiger partial charge is 0.225 e. The summed E-state index contributed by atoms with van der Waals surface area (Å²) < 4.78 is 0. The zero-order valence-electron chi connectivity index (χ0n) is 17.5. The fraction of sp³-hybridized carbons (Fsp3) is 0.750. The summed E-state index contributed by atoms with van der Waals surface area (Å²) >= 11 is 0. The third-order valence-corrected chi connectivity index (χ3v) is 5.70. The van der Waals surface area contributed by atoms with Crippen LogP contribution in [0.3, 0.4) is 0 Å². The molecule has 28 heavy (non-hydrogen) atoms. The Morgan fingerprint density at radius 1 is 1.14 bits per heavy atom. The van der Waals surface area contributed by atoms with E-state index >= 15 is 0 Å². The number of hydrogen-bond acceptors (Lipinski definition) is 5. The first-order valence-corrected chi connectivity index (χ1v) is 10.5. The van der Waals surface area contributed by atoms with Gasteiger partial charge >= 0.3 is 0 Å². The van der Waals surface area contributed by atoms with E-state index in [4.69, 9.17) is 4.99 Å². The van der Waals surface area contributed by atoms with Crippen molar-refractivity contribution in [3.8, 4) is 0 Å². The second-order valence-corrected chi connectivity index (χ2v) is 7.79. The van der Waals surface area contributed by atoms with Crippen LogP contribution < -0.4 is 10.2 Å². The second kappa shape index (κ2) is 11.7. The molecule has 3 rings (SSSR count). The Labute approximate surface area is 187 Å². The van der Waals surface area contributed by atoms with Crippen molar-refractivity contribution in [1.29, 1.82) is 0 Å². The van der Waals surface area contributed by atoms with Crippen LogP contribution in [0.4, 0.5) is 5.95 Å². The summed E-state index contributed by atoms with van der Waals surface area (Å²) in [5.74, 6) is 2.74. The summed E-state index contributed by atoms with van der Waals surface area (Å²) in [6.07, 6.45) is 6.25. The summed E-state index contributed by atoms with van der Waals surface area (Å²) in [5.41, 5.74) is 0. The lowest BCUT2D eigenvalue weighted by Crippen LogP contribution is -2.53. The normalized spacial score (nSPS) is 20.6. The minimum absolute atomic E-state index is 0. The van der Waals surface area contributed by atoms with Gasteiger partial charge < -0.3 is 15.1 Å². The molecule has 7 nitrogen and oxygen atoms in total. The van der Waals surface area contributed by atoms with Crippen LogP contribution in [0.15, 0.2) is 23.5 Å². The molecule has 0 aromatic carbocycles. The molecule has 3 heterocycles. The maximum Gasteiger partial charge on any atom is 0.225 e. The van der Waals surface area contributed by atoms with Crippen LogP contribution >= 0.6 is 24.0 Å². The van der Waals surface area contributed by atoms with Crippen molar-refractivity contribution in [3.05, 3.63) is 18.5 Å². The predicted octanol–water partition coefficient (Wildman–Crippen LogP) is 2.30. The Bertz CT molecular complexity index is 581. The van der Waals surface area contributed by atoms with Crippen LogP contribution in [0, 0.1) is 5.92 Å². The van der Waals surface area contributed by atoms with Gasteiger partial charge in [0.2, 0.25) is 5.95 Å². The van der Waals surface area contributed by atoms with E-state index in [1.165, 1.54) is 25.9 Å². The molecule has 0 spiro atoms. The van der Waals surface area contributed by atoms with Crippen LogP contribution in [0.1, 0.15) is 33.6 Å². The lowest BCUT2D eigenvalue weighted by molar-refractivity contribution is 0.150. The molecule has 1 atom stereocenters. The molecule has 0 aliphatic carbocycles. The molecule has 2 aliphatic rings. The van der Waals surface area contributed by atoms with Gasteiger partial charge in [-0.05, 0) is 51.8 Å². The fourth-order valence-corrected chi connectivity index (χ4v) is 3.80. The van der Waals surface area contributed by atoms with E-state index in [2.05, 4.69) is 50.8 Å². The van der Waals surface area contributed by atoms with Gasteiger partial charge in [-0.3, -0.25) is 9.89 Å². The molecule has 158 valence electrons. The van der Waals surface area contributed by atoms with Gasteiger partial charge in [-0.25, -0.2) is 9.97 Å². The average Bonchev–Trinajstić information content (AvgIpc) is 2.72. The van der Waals surface area contributed by atoms with Gasteiger partial charge in [0.05, 0.1) is 6.54 Å². The molecule has 1 aromatic rings. The summed E-state index contributed by atoms with van der Waals surface area (Å²) in [6, 6.07) is 2.37.